The highest BCUT2D eigenvalue weighted by molar-refractivity contribution is 5.98. The molecule has 2 aromatic rings. The summed E-state index contributed by atoms with van der Waals surface area (Å²) in [4.78, 5) is 44.6. The lowest BCUT2D eigenvalue weighted by molar-refractivity contribution is -0.145. The van der Waals surface area contributed by atoms with Gasteiger partial charge in [0, 0.05) is 50.6 Å². The Kier molecular flexibility index (Phi) is 7.80. The maximum Gasteiger partial charge on any atom is 0.243 e. The predicted molar refractivity (Wildman–Crippen MR) is 133 cm³/mol. The zero-order valence-electron chi connectivity index (χ0n) is 19.7. The van der Waals surface area contributed by atoms with Crippen molar-refractivity contribution in [3.05, 3.63) is 60.2 Å². The van der Waals surface area contributed by atoms with Gasteiger partial charge in [-0.2, -0.15) is 0 Å². The standard InChI is InChI=1S/C26H33N5O3/c1-2-20-8-6-7-11-22(20)28-24(32)18-23-26(34)27-12-13-31(23)25(33)19-29-14-16-30(17-15-29)21-9-4-3-5-10-21/h3-11,23H,2,12-19H2,1H3,(H,27,34)(H,28,32)/t23-/m1/s1. The number of nitrogens with zero attached hydrogens (tertiary/aromatic N) is 3. The Morgan fingerprint density at radius 3 is 2.41 bits per heavy atom. The van der Waals surface area contributed by atoms with E-state index in [4.69, 9.17) is 0 Å². The molecule has 2 fully saturated rings. The van der Waals surface area contributed by atoms with Gasteiger partial charge in [0.05, 0.1) is 13.0 Å². The molecule has 2 aliphatic rings. The molecule has 2 N–H and O–H groups in total. The fourth-order valence-electron chi connectivity index (χ4n) is 4.63. The van der Waals surface area contributed by atoms with Crippen molar-refractivity contribution < 1.29 is 14.4 Å². The zero-order chi connectivity index (χ0) is 23.9. The van der Waals surface area contributed by atoms with Crippen molar-refractivity contribution in [3.63, 3.8) is 0 Å². The minimum Gasteiger partial charge on any atom is -0.369 e. The second-order valence-electron chi connectivity index (χ2n) is 8.76. The number of para-hydroxylation sites is 2. The van der Waals surface area contributed by atoms with Crippen molar-refractivity contribution in [3.8, 4) is 0 Å². The van der Waals surface area contributed by atoms with Crippen molar-refractivity contribution >= 4 is 29.1 Å². The van der Waals surface area contributed by atoms with Gasteiger partial charge < -0.3 is 20.4 Å². The fourth-order valence-corrected chi connectivity index (χ4v) is 4.63. The van der Waals surface area contributed by atoms with Crippen LogP contribution in [0.4, 0.5) is 11.4 Å². The highest BCUT2D eigenvalue weighted by Gasteiger charge is 2.35. The molecule has 0 aromatic heterocycles. The fraction of sp³-hybridized carbons (Fsp3) is 0.423. The summed E-state index contributed by atoms with van der Waals surface area (Å²) < 4.78 is 0. The molecule has 34 heavy (non-hydrogen) atoms. The van der Waals surface area contributed by atoms with Crippen LogP contribution in [0.15, 0.2) is 54.6 Å². The Morgan fingerprint density at radius 2 is 1.68 bits per heavy atom. The molecule has 0 spiro atoms. The Hall–Kier alpha value is -3.39. The maximum atomic E-state index is 13.2. The van der Waals surface area contributed by atoms with Crippen LogP contribution >= 0.6 is 0 Å². The number of piperazine rings is 2. The number of nitrogens with one attached hydrogen (secondary N) is 2. The van der Waals surface area contributed by atoms with Crippen LogP contribution in [0.1, 0.15) is 18.9 Å². The van der Waals surface area contributed by atoms with Gasteiger partial charge in [0.15, 0.2) is 0 Å². The third-order valence-corrected chi connectivity index (χ3v) is 6.55. The molecule has 2 heterocycles. The van der Waals surface area contributed by atoms with Crippen LogP contribution < -0.4 is 15.5 Å². The van der Waals surface area contributed by atoms with Crippen molar-refractivity contribution in [2.45, 2.75) is 25.8 Å². The first-order chi connectivity index (χ1) is 16.5. The van der Waals surface area contributed by atoms with Gasteiger partial charge in [0.25, 0.3) is 0 Å². The molecule has 4 rings (SSSR count). The Balaban J connectivity index is 1.34. The molecule has 180 valence electrons. The normalized spacial score (nSPS) is 19.0. The molecule has 2 aromatic carbocycles. The molecule has 2 saturated heterocycles. The number of carbonyl (C=O) groups is 3. The lowest BCUT2D eigenvalue weighted by Gasteiger charge is -2.39. The van der Waals surface area contributed by atoms with Gasteiger partial charge >= 0.3 is 0 Å². The largest absolute Gasteiger partial charge is 0.369 e. The van der Waals surface area contributed by atoms with E-state index in [9.17, 15) is 14.4 Å². The second kappa shape index (κ2) is 11.2. The van der Waals surface area contributed by atoms with E-state index in [2.05, 4.69) is 32.6 Å². The lowest BCUT2D eigenvalue weighted by atomic mass is 10.1. The monoisotopic (exact) mass is 463 g/mol. The summed E-state index contributed by atoms with van der Waals surface area (Å²) in [6.45, 7) is 6.35. The van der Waals surface area contributed by atoms with Crippen LogP contribution in [0.2, 0.25) is 0 Å². The number of anilines is 2. The van der Waals surface area contributed by atoms with Crippen LogP contribution in [-0.2, 0) is 20.8 Å². The van der Waals surface area contributed by atoms with Crippen molar-refractivity contribution in [2.75, 3.05) is 56.0 Å². The Labute approximate surface area is 200 Å². The van der Waals surface area contributed by atoms with Crippen molar-refractivity contribution in [1.29, 1.82) is 0 Å². The van der Waals surface area contributed by atoms with Gasteiger partial charge in [0.2, 0.25) is 17.7 Å². The maximum absolute atomic E-state index is 13.2. The molecule has 8 nitrogen and oxygen atoms in total. The molecule has 0 saturated carbocycles. The number of aryl methyl sites for hydroxylation is 1. The van der Waals surface area contributed by atoms with E-state index in [0.29, 0.717) is 13.1 Å². The van der Waals surface area contributed by atoms with Gasteiger partial charge in [-0.05, 0) is 30.2 Å². The molecule has 0 bridgehead atoms. The molecule has 3 amide bonds. The van der Waals surface area contributed by atoms with E-state index in [1.807, 2.05) is 49.4 Å². The third kappa shape index (κ3) is 5.75. The number of hydrogen-bond acceptors (Lipinski definition) is 5. The first kappa shape index (κ1) is 23.8. The highest BCUT2D eigenvalue weighted by atomic mass is 16.2. The van der Waals surface area contributed by atoms with Gasteiger partial charge in [-0.15, -0.1) is 0 Å². The molecular weight excluding hydrogens is 430 g/mol. The Morgan fingerprint density at radius 1 is 0.971 bits per heavy atom. The highest BCUT2D eigenvalue weighted by Crippen LogP contribution is 2.18. The quantitative estimate of drug-likeness (QED) is 0.653. The summed E-state index contributed by atoms with van der Waals surface area (Å²) in [5.41, 5.74) is 2.98. The summed E-state index contributed by atoms with van der Waals surface area (Å²) in [6.07, 6.45) is 0.736. The first-order valence-corrected chi connectivity index (χ1v) is 12.0. The van der Waals surface area contributed by atoms with Crippen molar-refractivity contribution in [1.82, 2.24) is 15.1 Å². The van der Waals surface area contributed by atoms with Gasteiger partial charge in [0.1, 0.15) is 6.04 Å². The third-order valence-electron chi connectivity index (χ3n) is 6.55. The summed E-state index contributed by atoms with van der Waals surface area (Å²) in [6, 6.07) is 17.1. The second-order valence-corrected chi connectivity index (χ2v) is 8.76. The van der Waals surface area contributed by atoms with Crippen molar-refractivity contribution in [2.24, 2.45) is 0 Å². The van der Waals surface area contributed by atoms with Crippen LogP contribution in [0, 0.1) is 0 Å². The van der Waals surface area contributed by atoms with E-state index < -0.39 is 6.04 Å². The van der Waals surface area contributed by atoms with E-state index in [1.54, 1.807) is 4.90 Å². The average Bonchev–Trinajstić information content (AvgIpc) is 2.86. The SMILES string of the molecule is CCc1ccccc1NC(=O)C[C@@H]1C(=O)NCCN1C(=O)CN1CCN(c2ccccc2)CC1. The predicted octanol–water partition coefficient (Wildman–Crippen LogP) is 1.73. The summed E-state index contributed by atoms with van der Waals surface area (Å²) in [5.74, 6) is -0.639. The summed E-state index contributed by atoms with van der Waals surface area (Å²) in [7, 11) is 0. The molecule has 0 unspecified atom stereocenters. The molecule has 2 aliphatic heterocycles. The molecule has 0 radical (unpaired) electrons. The topological polar surface area (TPSA) is 85.0 Å². The van der Waals surface area contributed by atoms with E-state index in [1.165, 1.54) is 5.69 Å². The number of amides is 3. The lowest BCUT2D eigenvalue weighted by Crippen LogP contribution is -2.60. The van der Waals surface area contributed by atoms with Gasteiger partial charge in [-0.3, -0.25) is 19.3 Å². The summed E-state index contributed by atoms with van der Waals surface area (Å²) >= 11 is 0. The molecule has 8 heteroatoms. The molecule has 1 atom stereocenters. The van der Waals surface area contributed by atoms with E-state index >= 15 is 0 Å². The number of carbonyl (C=O) groups excluding carboxylic acids is 3. The van der Waals surface area contributed by atoms with Crippen LogP contribution in [0.25, 0.3) is 0 Å². The Bertz CT molecular complexity index is 1000. The minimum atomic E-state index is -0.791. The number of rotatable bonds is 7. The van der Waals surface area contributed by atoms with Crippen LogP contribution in [0.5, 0.6) is 0 Å². The summed E-state index contributed by atoms with van der Waals surface area (Å²) in [5, 5.41) is 5.72. The molecule has 0 aliphatic carbocycles. The van der Waals surface area contributed by atoms with Gasteiger partial charge in [-0.1, -0.05) is 43.3 Å². The van der Waals surface area contributed by atoms with Crippen LogP contribution in [-0.4, -0.2) is 79.4 Å². The minimum absolute atomic E-state index is 0.0581. The van der Waals surface area contributed by atoms with Gasteiger partial charge in [-0.25, -0.2) is 0 Å². The van der Waals surface area contributed by atoms with E-state index in [-0.39, 0.29) is 30.7 Å². The average molecular weight is 464 g/mol. The smallest absolute Gasteiger partial charge is 0.243 e. The van der Waals surface area contributed by atoms with E-state index in [0.717, 1.165) is 43.9 Å². The first-order valence-electron chi connectivity index (χ1n) is 12.0. The van der Waals surface area contributed by atoms with Crippen LogP contribution in [0.3, 0.4) is 0 Å². The molecular formula is C26H33N5O3. The zero-order valence-corrected chi connectivity index (χ0v) is 19.7. The number of hydrogen-bond donors (Lipinski definition) is 2. The number of benzene rings is 2.